The van der Waals surface area contributed by atoms with Gasteiger partial charge in [0.05, 0.1) is 22.2 Å². The molecule has 8 nitrogen and oxygen atoms in total. The van der Waals surface area contributed by atoms with Crippen molar-refractivity contribution in [3.05, 3.63) is 74.5 Å². The first-order valence-electron chi connectivity index (χ1n) is 12.8. The smallest absolute Gasteiger partial charge is 0.341 e. The van der Waals surface area contributed by atoms with Crippen LogP contribution in [0.5, 0.6) is 0 Å². The summed E-state index contributed by atoms with van der Waals surface area (Å²) in [6, 6.07) is 7.55. The number of piperidine rings is 1. The fourth-order valence-corrected chi connectivity index (χ4v) is 8.40. The molecule has 0 aliphatic carbocycles. The third kappa shape index (κ3) is 4.54. The van der Waals surface area contributed by atoms with Crippen molar-refractivity contribution >= 4 is 46.5 Å². The number of carbonyl (C=O) groups is 3. The van der Waals surface area contributed by atoms with E-state index in [-0.39, 0.29) is 23.0 Å². The Morgan fingerprint density at radius 3 is 2.50 bits per heavy atom. The van der Waals surface area contributed by atoms with Gasteiger partial charge in [0, 0.05) is 36.3 Å². The largest absolute Gasteiger partial charge is 0.416 e. The monoisotopic (exact) mass is 588 g/mol. The first kappa shape index (κ1) is 26.8. The van der Waals surface area contributed by atoms with Crippen LogP contribution < -0.4 is 9.77 Å². The molecule has 5 heterocycles. The van der Waals surface area contributed by atoms with E-state index in [0.717, 1.165) is 65.5 Å². The Bertz CT molecular complexity index is 1550. The summed E-state index contributed by atoms with van der Waals surface area (Å²) in [4.78, 5) is 60.7. The molecule has 2 saturated heterocycles. The number of hydrogen-bond acceptors (Lipinski definition) is 7. The number of halogens is 3. The number of fused-ring (bicyclic) bond motifs is 2. The van der Waals surface area contributed by atoms with Crippen molar-refractivity contribution < 1.29 is 27.6 Å². The first-order valence-corrected chi connectivity index (χ1v) is 14.5. The van der Waals surface area contributed by atoms with Crippen LogP contribution in [0.25, 0.3) is 0 Å². The fraction of sp³-hybridized carbons (Fsp3) is 0.370. The van der Waals surface area contributed by atoms with Crippen molar-refractivity contribution in [2.45, 2.75) is 48.2 Å². The minimum Gasteiger partial charge on any atom is -0.341 e. The number of imide groups is 1. The molecule has 1 aromatic carbocycles. The average molecular weight is 589 g/mol. The van der Waals surface area contributed by atoms with E-state index < -0.39 is 40.6 Å². The number of benzene rings is 1. The van der Waals surface area contributed by atoms with Gasteiger partial charge in [0.25, 0.3) is 0 Å². The quantitative estimate of drug-likeness (QED) is 0.426. The zero-order chi connectivity index (χ0) is 28.2. The van der Waals surface area contributed by atoms with E-state index in [1.807, 2.05) is 0 Å². The van der Waals surface area contributed by atoms with Gasteiger partial charge in [-0.3, -0.25) is 28.7 Å². The maximum Gasteiger partial charge on any atom is 0.416 e. The summed E-state index contributed by atoms with van der Waals surface area (Å²) in [6.07, 6.45) is 1.29. The highest BCUT2D eigenvalue weighted by atomic mass is 32.2. The molecule has 2 aromatic heterocycles. The summed E-state index contributed by atoms with van der Waals surface area (Å²) in [7, 11) is 0. The zero-order valence-corrected chi connectivity index (χ0v) is 22.6. The molecule has 0 N–H and O–H groups in total. The van der Waals surface area contributed by atoms with Crippen LogP contribution in [0.2, 0.25) is 0 Å². The Morgan fingerprint density at radius 1 is 1.02 bits per heavy atom. The number of rotatable bonds is 4. The van der Waals surface area contributed by atoms with Crippen molar-refractivity contribution in [3.63, 3.8) is 0 Å². The highest BCUT2D eigenvalue weighted by Gasteiger charge is 2.57. The van der Waals surface area contributed by atoms with Gasteiger partial charge in [0.15, 0.2) is 0 Å². The highest BCUT2D eigenvalue weighted by molar-refractivity contribution is 8.00. The van der Waals surface area contributed by atoms with Crippen LogP contribution in [-0.2, 0) is 27.1 Å². The summed E-state index contributed by atoms with van der Waals surface area (Å²) in [5, 5.41) is -0.562. The third-order valence-electron chi connectivity index (χ3n) is 7.53. The first-order chi connectivity index (χ1) is 19.1. The second kappa shape index (κ2) is 10.2. The Balaban J connectivity index is 1.42. The van der Waals surface area contributed by atoms with Gasteiger partial charge in [-0.25, -0.2) is 4.90 Å². The van der Waals surface area contributed by atoms with Crippen LogP contribution in [0.1, 0.15) is 41.2 Å². The number of amides is 3. The SMILES string of the molecule is O=C(Cn1c2c(sc1=O)[C@H](c1cccnc1)C1C(=O)N(c3cccc(C(F)(F)F)c3)C(=O)C1S2)N1CCCCC1. The van der Waals surface area contributed by atoms with Gasteiger partial charge in [0.2, 0.25) is 17.7 Å². The summed E-state index contributed by atoms with van der Waals surface area (Å²) in [6.45, 7) is 1.05. The van der Waals surface area contributed by atoms with Crippen molar-refractivity contribution in [1.29, 1.82) is 0 Å². The predicted molar refractivity (Wildman–Crippen MR) is 142 cm³/mol. The molecule has 13 heteroatoms. The molecular weight excluding hydrogens is 565 g/mol. The summed E-state index contributed by atoms with van der Waals surface area (Å²) < 4.78 is 41.6. The van der Waals surface area contributed by atoms with E-state index in [9.17, 15) is 32.3 Å². The minimum atomic E-state index is -4.65. The lowest BCUT2D eigenvalue weighted by Crippen LogP contribution is -2.39. The molecule has 0 saturated carbocycles. The number of nitrogens with zero attached hydrogens (tertiary/aromatic N) is 4. The van der Waals surface area contributed by atoms with E-state index in [1.165, 1.54) is 10.6 Å². The lowest BCUT2D eigenvalue weighted by molar-refractivity contribution is -0.137. The molecule has 2 unspecified atom stereocenters. The number of thiazole rings is 1. The predicted octanol–water partition coefficient (Wildman–Crippen LogP) is 4.13. The average Bonchev–Trinajstić information content (AvgIpc) is 3.39. The van der Waals surface area contributed by atoms with Crippen molar-refractivity contribution in [2.24, 2.45) is 5.92 Å². The lowest BCUT2D eigenvalue weighted by Gasteiger charge is -2.31. The van der Waals surface area contributed by atoms with Crippen LogP contribution >= 0.6 is 23.1 Å². The van der Waals surface area contributed by atoms with E-state index in [4.69, 9.17) is 0 Å². The van der Waals surface area contributed by atoms with Crippen molar-refractivity contribution in [1.82, 2.24) is 14.5 Å². The van der Waals surface area contributed by atoms with E-state index in [0.29, 0.717) is 28.6 Å². The molecule has 0 bridgehead atoms. The molecule has 3 aliphatic rings. The second-order valence-corrected chi connectivity index (χ2v) is 12.1. The van der Waals surface area contributed by atoms with Crippen LogP contribution in [0.15, 0.2) is 58.6 Å². The van der Waals surface area contributed by atoms with Crippen LogP contribution in [-0.4, -0.2) is 50.5 Å². The molecule has 3 amide bonds. The molecule has 2 fully saturated rings. The number of hydrogen-bond donors (Lipinski definition) is 0. The number of anilines is 1. The Morgan fingerprint density at radius 2 is 1.80 bits per heavy atom. The highest BCUT2D eigenvalue weighted by Crippen LogP contribution is 2.54. The van der Waals surface area contributed by atoms with Gasteiger partial charge in [-0.05, 0) is 49.1 Å². The van der Waals surface area contributed by atoms with E-state index in [1.54, 1.807) is 29.4 Å². The van der Waals surface area contributed by atoms with Gasteiger partial charge in [0.1, 0.15) is 11.8 Å². The van der Waals surface area contributed by atoms with Gasteiger partial charge in [-0.1, -0.05) is 35.2 Å². The molecule has 208 valence electrons. The number of carbonyl (C=O) groups excluding carboxylic acids is 3. The summed E-state index contributed by atoms with van der Waals surface area (Å²) in [5.41, 5.74) is -0.534. The van der Waals surface area contributed by atoms with Crippen molar-refractivity contribution in [2.75, 3.05) is 18.0 Å². The summed E-state index contributed by atoms with van der Waals surface area (Å²) in [5.74, 6) is -3.19. The standard InChI is InChI=1S/C27H23F3N4O4S2/c28-27(29,30)16-7-4-8-17(12-16)34-23(36)20-19(15-6-5-9-31-13-15)22-25(39-21(20)24(34)37)33(26(38)40-22)14-18(35)32-10-2-1-3-11-32/h4-9,12-13,19-21H,1-3,10-11,14H2/t19-,20?,21?/m1/s1. The maximum absolute atomic E-state index is 13.8. The second-order valence-electron chi connectivity index (χ2n) is 9.95. The molecular formula is C27H23F3N4O4S2. The molecule has 6 rings (SSSR count). The number of aromatic nitrogens is 2. The third-order valence-corrected chi connectivity index (χ3v) is 10.1. The fourth-order valence-electron chi connectivity index (χ4n) is 5.63. The topological polar surface area (TPSA) is 92.6 Å². The lowest BCUT2D eigenvalue weighted by atomic mass is 9.84. The summed E-state index contributed by atoms with van der Waals surface area (Å²) >= 11 is 1.95. The Labute approximate surface area is 234 Å². The Kier molecular flexibility index (Phi) is 6.81. The Hall–Kier alpha value is -3.45. The molecule has 3 atom stereocenters. The maximum atomic E-state index is 13.8. The van der Waals surface area contributed by atoms with E-state index in [2.05, 4.69) is 4.98 Å². The van der Waals surface area contributed by atoms with Gasteiger partial charge in [-0.15, -0.1) is 0 Å². The molecule has 3 aliphatic heterocycles. The zero-order valence-electron chi connectivity index (χ0n) is 21.0. The van der Waals surface area contributed by atoms with Crippen LogP contribution in [0.3, 0.4) is 0 Å². The van der Waals surface area contributed by atoms with Crippen molar-refractivity contribution in [3.8, 4) is 0 Å². The van der Waals surface area contributed by atoms with Crippen LogP contribution in [0.4, 0.5) is 18.9 Å². The van der Waals surface area contributed by atoms with Gasteiger partial charge >= 0.3 is 11.0 Å². The molecule has 0 radical (unpaired) electrons. The van der Waals surface area contributed by atoms with Crippen LogP contribution in [0, 0.1) is 5.92 Å². The van der Waals surface area contributed by atoms with Gasteiger partial charge in [-0.2, -0.15) is 13.2 Å². The normalized spacial score (nSPS) is 22.8. The molecule has 3 aromatic rings. The minimum absolute atomic E-state index is 0.161. The number of pyridine rings is 1. The number of likely N-dealkylation sites (tertiary alicyclic amines) is 1. The van der Waals surface area contributed by atoms with E-state index >= 15 is 0 Å². The molecule has 40 heavy (non-hydrogen) atoms. The molecule has 0 spiro atoms. The number of thioether (sulfide) groups is 1. The number of alkyl halides is 3. The van der Waals surface area contributed by atoms with Gasteiger partial charge < -0.3 is 4.90 Å².